The lowest BCUT2D eigenvalue weighted by Gasteiger charge is -2.36. The predicted octanol–water partition coefficient (Wildman–Crippen LogP) is 3.13. The van der Waals surface area contributed by atoms with Crippen molar-refractivity contribution in [1.29, 1.82) is 0 Å². The van der Waals surface area contributed by atoms with Crippen LogP contribution in [-0.2, 0) is 21.5 Å². The quantitative estimate of drug-likeness (QED) is 0.236. The zero-order valence-corrected chi connectivity index (χ0v) is 26.6. The van der Waals surface area contributed by atoms with Crippen molar-refractivity contribution in [2.45, 2.75) is 26.4 Å². The Labute approximate surface area is 264 Å². The molecule has 3 aromatic rings. The fourth-order valence-corrected chi connectivity index (χ4v) is 6.33. The number of nitrogens with zero attached hydrogens (tertiary/aromatic N) is 2. The second kappa shape index (κ2) is 14.9. The molecule has 0 radical (unpaired) electrons. The van der Waals surface area contributed by atoms with Crippen molar-refractivity contribution in [2.75, 3.05) is 50.6 Å². The summed E-state index contributed by atoms with van der Waals surface area (Å²) in [7, 11) is -0.554. The van der Waals surface area contributed by atoms with Crippen molar-refractivity contribution >= 4 is 33.5 Å². The first-order chi connectivity index (χ1) is 21.5. The highest BCUT2D eigenvalue weighted by Gasteiger charge is 2.33. The van der Waals surface area contributed by atoms with Crippen LogP contribution < -0.4 is 25.0 Å². The predicted molar refractivity (Wildman–Crippen MR) is 175 cm³/mol. The first-order valence-corrected chi connectivity index (χ1v) is 16.0. The van der Waals surface area contributed by atoms with E-state index in [9.17, 15) is 23.1 Å². The number of hydrogen-bond donors (Lipinski definition) is 4. The van der Waals surface area contributed by atoms with Crippen LogP contribution in [0.25, 0.3) is 0 Å². The van der Waals surface area contributed by atoms with Gasteiger partial charge in [0.1, 0.15) is 11.8 Å². The van der Waals surface area contributed by atoms with Crippen LogP contribution in [-0.4, -0.2) is 76.1 Å². The number of carboxylic acid groups (broad SMARTS) is 1. The Morgan fingerprint density at radius 1 is 0.933 bits per heavy atom. The largest absolute Gasteiger partial charge is 0.497 e. The van der Waals surface area contributed by atoms with Gasteiger partial charge in [-0.2, -0.15) is 17.4 Å². The van der Waals surface area contributed by atoms with Crippen LogP contribution in [0.4, 0.5) is 11.4 Å². The third-order valence-corrected chi connectivity index (χ3v) is 9.11. The van der Waals surface area contributed by atoms with Crippen molar-refractivity contribution in [3.8, 4) is 17.6 Å². The number of amides is 1. The van der Waals surface area contributed by atoms with Gasteiger partial charge in [-0.05, 0) is 66.1 Å². The van der Waals surface area contributed by atoms with Gasteiger partial charge in [0, 0.05) is 62.3 Å². The second-order valence-corrected chi connectivity index (χ2v) is 12.6. The van der Waals surface area contributed by atoms with Gasteiger partial charge in [0.25, 0.3) is 16.1 Å². The smallest absolute Gasteiger partial charge is 0.322 e. The standard InChI is InChI=1S/C33H39N5O6S/c1-23(2)31(33(40)41)36-45(42,43)38-19-17-37(18-20-38)27-12-7-24(8-13-27)5-6-25-11-16-30(34-3)29(21-25)32(39)35-22-26-9-14-28(44-4)15-10-26/h7-16,21,23,31,34,36H,17-20,22H2,1-4H3,(H,35,39)(H,40,41)/t31-/m1/s1. The molecule has 0 unspecified atom stereocenters. The molecule has 1 atom stereocenters. The lowest BCUT2D eigenvalue weighted by atomic mass is 10.1. The highest BCUT2D eigenvalue weighted by atomic mass is 32.2. The van der Waals surface area contributed by atoms with Gasteiger partial charge in [0.05, 0.1) is 12.7 Å². The molecule has 0 saturated carbocycles. The lowest BCUT2D eigenvalue weighted by Crippen LogP contribution is -2.55. The highest BCUT2D eigenvalue weighted by Crippen LogP contribution is 2.20. The molecule has 4 N–H and O–H groups in total. The Bertz CT molecular complexity index is 1660. The van der Waals surface area contributed by atoms with Crippen molar-refractivity contribution in [3.63, 3.8) is 0 Å². The topological polar surface area (TPSA) is 140 Å². The van der Waals surface area contributed by atoms with E-state index in [1.165, 1.54) is 4.31 Å². The molecule has 45 heavy (non-hydrogen) atoms. The van der Waals surface area contributed by atoms with E-state index in [1.807, 2.05) is 60.7 Å². The first-order valence-electron chi connectivity index (χ1n) is 14.6. The minimum Gasteiger partial charge on any atom is -0.497 e. The number of carbonyl (C=O) groups is 2. The van der Waals surface area contributed by atoms with Crippen molar-refractivity contribution < 1.29 is 27.9 Å². The molecule has 1 aliphatic heterocycles. The van der Waals surface area contributed by atoms with E-state index < -0.39 is 22.2 Å². The van der Waals surface area contributed by atoms with Gasteiger partial charge in [-0.25, -0.2) is 0 Å². The summed E-state index contributed by atoms with van der Waals surface area (Å²) in [5.74, 6) is 5.25. The van der Waals surface area contributed by atoms with Crippen LogP contribution in [0.1, 0.15) is 40.9 Å². The minimum atomic E-state index is -3.93. The Morgan fingerprint density at radius 2 is 1.56 bits per heavy atom. The summed E-state index contributed by atoms with van der Waals surface area (Å²) in [6.07, 6.45) is 0. The fraction of sp³-hybridized carbons (Fsp3) is 0.333. The van der Waals surface area contributed by atoms with Gasteiger partial charge in [-0.1, -0.05) is 37.8 Å². The van der Waals surface area contributed by atoms with E-state index in [-0.39, 0.29) is 24.9 Å². The molecule has 12 heteroatoms. The van der Waals surface area contributed by atoms with E-state index in [0.717, 1.165) is 22.6 Å². The molecule has 0 aliphatic carbocycles. The third kappa shape index (κ3) is 8.76. The molecule has 1 heterocycles. The maximum Gasteiger partial charge on any atom is 0.322 e. The number of hydrogen-bond acceptors (Lipinski definition) is 7. The molecule has 11 nitrogen and oxygen atoms in total. The molecular weight excluding hydrogens is 594 g/mol. The van der Waals surface area contributed by atoms with E-state index >= 15 is 0 Å². The Balaban J connectivity index is 1.36. The summed E-state index contributed by atoms with van der Waals surface area (Å²) in [6, 6.07) is 19.4. The number of nitrogens with one attached hydrogen (secondary N) is 3. The van der Waals surface area contributed by atoms with E-state index in [2.05, 4.69) is 32.1 Å². The molecule has 0 aromatic heterocycles. The zero-order chi connectivity index (χ0) is 32.6. The van der Waals surface area contributed by atoms with E-state index in [1.54, 1.807) is 34.1 Å². The van der Waals surface area contributed by atoms with E-state index in [4.69, 9.17) is 4.74 Å². The maximum atomic E-state index is 13.0. The normalized spacial score (nSPS) is 14.3. The summed E-state index contributed by atoms with van der Waals surface area (Å²) >= 11 is 0. The molecule has 3 aromatic carbocycles. The average molecular weight is 634 g/mol. The number of aliphatic carboxylic acids is 1. The van der Waals surface area contributed by atoms with Gasteiger partial charge < -0.3 is 25.4 Å². The molecule has 1 amide bonds. The fourth-order valence-electron chi connectivity index (χ4n) is 4.84. The first kappa shape index (κ1) is 33.3. The van der Waals surface area contributed by atoms with Crippen LogP contribution in [0.3, 0.4) is 0 Å². The third-order valence-electron chi connectivity index (χ3n) is 7.52. The van der Waals surface area contributed by atoms with Crippen LogP contribution >= 0.6 is 0 Å². The molecule has 1 saturated heterocycles. The van der Waals surface area contributed by atoms with Crippen LogP contribution in [0.5, 0.6) is 5.75 Å². The van der Waals surface area contributed by atoms with Crippen LogP contribution in [0.2, 0.25) is 0 Å². The second-order valence-electron chi connectivity index (χ2n) is 10.9. The van der Waals surface area contributed by atoms with Gasteiger partial charge in [-0.3, -0.25) is 9.59 Å². The van der Waals surface area contributed by atoms with Gasteiger partial charge in [0.2, 0.25) is 0 Å². The lowest BCUT2D eigenvalue weighted by molar-refractivity contribution is -0.140. The Hall–Kier alpha value is -4.57. The summed E-state index contributed by atoms with van der Waals surface area (Å²) in [6.45, 7) is 5.10. The Morgan fingerprint density at radius 3 is 2.13 bits per heavy atom. The maximum absolute atomic E-state index is 13.0. The minimum absolute atomic E-state index is 0.214. The monoisotopic (exact) mass is 633 g/mol. The number of ether oxygens (including phenoxy) is 1. The molecular formula is C33H39N5O6S. The molecule has 1 fully saturated rings. The highest BCUT2D eigenvalue weighted by molar-refractivity contribution is 7.87. The summed E-state index contributed by atoms with van der Waals surface area (Å²) in [5.41, 5.74) is 4.57. The number of carboxylic acids is 1. The van der Waals surface area contributed by atoms with Crippen LogP contribution in [0, 0.1) is 17.8 Å². The van der Waals surface area contributed by atoms with Crippen molar-refractivity contribution in [2.24, 2.45) is 5.92 Å². The number of rotatable bonds is 11. The molecule has 1 aliphatic rings. The molecule has 0 spiro atoms. The average Bonchev–Trinajstić information content (AvgIpc) is 3.05. The molecule has 4 rings (SSSR count). The summed E-state index contributed by atoms with van der Waals surface area (Å²) < 4.78 is 34.3. The molecule has 238 valence electrons. The van der Waals surface area contributed by atoms with Crippen LogP contribution in [0.15, 0.2) is 66.7 Å². The van der Waals surface area contributed by atoms with Gasteiger partial charge >= 0.3 is 5.97 Å². The molecule has 0 bridgehead atoms. The van der Waals surface area contributed by atoms with Gasteiger partial charge in [0.15, 0.2) is 0 Å². The summed E-state index contributed by atoms with van der Waals surface area (Å²) in [4.78, 5) is 26.6. The number of carbonyl (C=O) groups excluding carboxylic acids is 1. The SMILES string of the molecule is CNc1ccc(C#Cc2ccc(N3CCN(S(=O)(=O)N[C@@H](C(=O)O)C(C)C)CC3)cc2)cc1C(=O)NCc1ccc(OC)cc1. The van der Waals surface area contributed by atoms with E-state index in [0.29, 0.717) is 36.4 Å². The van der Waals surface area contributed by atoms with Gasteiger partial charge in [-0.15, -0.1) is 0 Å². The summed E-state index contributed by atoms with van der Waals surface area (Å²) in [5, 5.41) is 15.4. The number of benzene rings is 3. The number of methoxy groups -OCH3 is 1. The number of piperazine rings is 1. The zero-order valence-electron chi connectivity index (χ0n) is 25.8. The number of anilines is 2. The Kier molecular flexibility index (Phi) is 11.1. The van der Waals surface area contributed by atoms with Crippen molar-refractivity contribution in [1.82, 2.24) is 14.3 Å². The van der Waals surface area contributed by atoms with Crippen molar-refractivity contribution in [3.05, 3.63) is 89.0 Å².